The minimum atomic E-state index is -1.02. The van der Waals surface area contributed by atoms with Crippen LogP contribution in [0.3, 0.4) is 0 Å². The lowest BCUT2D eigenvalue weighted by atomic mass is 9.85. The smallest absolute Gasteiger partial charge is 0.303 e. The SMILES string of the molecule is CCC1CCc2c(sc(NC(=O)CCC(=O)O)c2C(=O)Nc2cccc(C)c2)C1. The quantitative estimate of drug-likeness (QED) is 0.616. The summed E-state index contributed by atoms with van der Waals surface area (Å²) in [7, 11) is 0. The Labute approximate surface area is 174 Å². The van der Waals surface area contributed by atoms with Gasteiger partial charge in [-0.2, -0.15) is 0 Å². The van der Waals surface area contributed by atoms with Crippen molar-refractivity contribution in [1.82, 2.24) is 0 Å². The van der Waals surface area contributed by atoms with Crippen LogP contribution in [0.1, 0.15) is 59.0 Å². The average molecular weight is 415 g/mol. The summed E-state index contributed by atoms with van der Waals surface area (Å²) in [4.78, 5) is 37.2. The molecule has 29 heavy (non-hydrogen) atoms. The molecule has 7 heteroatoms. The Morgan fingerprint density at radius 2 is 2.00 bits per heavy atom. The van der Waals surface area contributed by atoms with Crippen molar-refractivity contribution in [2.45, 2.75) is 52.4 Å². The van der Waals surface area contributed by atoms with Gasteiger partial charge in [-0.3, -0.25) is 14.4 Å². The summed E-state index contributed by atoms with van der Waals surface area (Å²) in [5.74, 6) is -1.06. The lowest BCUT2D eigenvalue weighted by Crippen LogP contribution is -2.20. The molecule has 3 N–H and O–H groups in total. The number of fused-ring (bicyclic) bond motifs is 1. The third-order valence-electron chi connectivity index (χ3n) is 5.27. The lowest BCUT2D eigenvalue weighted by Gasteiger charge is -2.21. The summed E-state index contributed by atoms with van der Waals surface area (Å²) in [6.45, 7) is 4.13. The maximum Gasteiger partial charge on any atom is 0.303 e. The molecule has 0 saturated heterocycles. The van der Waals surface area contributed by atoms with Gasteiger partial charge in [0.1, 0.15) is 5.00 Å². The van der Waals surface area contributed by atoms with Crippen molar-refractivity contribution in [2.24, 2.45) is 5.92 Å². The van der Waals surface area contributed by atoms with Gasteiger partial charge in [0.25, 0.3) is 5.91 Å². The molecule has 1 aromatic heterocycles. The van der Waals surface area contributed by atoms with E-state index in [1.54, 1.807) is 0 Å². The monoisotopic (exact) mass is 414 g/mol. The van der Waals surface area contributed by atoms with Crippen molar-refractivity contribution >= 4 is 39.8 Å². The number of carboxylic acids is 1. The number of rotatable bonds is 7. The number of carbonyl (C=O) groups is 3. The van der Waals surface area contributed by atoms with Gasteiger partial charge in [-0.1, -0.05) is 25.5 Å². The molecular formula is C22H26N2O4S. The fourth-order valence-electron chi connectivity index (χ4n) is 3.66. The highest BCUT2D eigenvalue weighted by atomic mass is 32.1. The molecule has 3 rings (SSSR count). The van der Waals surface area contributed by atoms with Crippen LogP contribution in [0, 0.1) is 12.8 Å². The minimum absolute atomic E-state index is 0.117. The number of nitrogens with one attached hydrogen (secondary N) is 2. The fourth-order valence-corrected chi connectivity index (χ4v) is 5.03. The van der Waals surface area contributed by atoms with Gasteiger partial charge in [-0.25, -0.2) is 0 Å². The Morgan fingerprint density at radius 3 is 2.69 bits per heavy atom. The molecule has 1 unspecified atom stereocenters. The molecule has 0 bridgehead atoms. The largest absolute Gasteiger partial charge is 0.481 e. The minimum Gasteiger partial charge on any atom is -0.481 e. The number of thiophene rings is 1. The van der Waals surface area contributed by atoms with Crippen molar-refractivity contribution in [3.63, 3.8) is 0 Å². The summed E-state index contributed by atoms with van der Waals surface area (Å²) in [5, 5.41) is 15.1. The van der Waals surface area contributed by atoms with Gasteiger partial charge in [0.05, 0.1) is 12.0 Å². The molecule has 2 aromatic rings. The predicted octanol–water partition coefficient (Wildman–Crippen LogP) is 4.63. The first-order valence-electron chi connectivity index (χ1n) is 9.91. The molecule has 0 fully saturated rings. The maximum atomic E-state index is 13.1. The molecule has 0 saturated carbocycles. The Balaban J connectivity index is 1.88. The van der Waals surface area contributed by atoms with Gasteiger partial charge in [0.2, 0.25) is 5.91 Å². The number of aryl methyl sites for hydroxylation is 1. The summed E-state index contributed by atoms with van der Waals surface area (Å²) in [6.07, 6.45) is 3.48. The van der Waals surface area contributed by atoms with E-state index in [1.165, 1.54) is 11.3 Å². The van der Waals surface area contributed by atoms with Gasteiger partial charge in [0.15, 0.2) is 0 Å². The van der Waals surface area contributed by atoms with E-state index in [-0.39, 0.29) is 24.7 Å². The van der Waals surface area contributed by atoms with Crippen molar-refractivity contribution in [3.05, 3.63) is 45.8 Å². The number of anilines is 2. The first-order valence-corrected chi connectivity index (χ1v) is 10.7. The molecule has 2 amide bonds. The molecular weight excluding hydrogens is 388 g/mol. The number of benzene rings is 1. The Kier molecular flexibility index (Phi) is 6.69. The van der Waals surface area contributed by atoms with Crippen LogP contribution in [-0.4, -0.2) is 22.9 Å². The number of carboxylic acid groups (broad SMARTS) is 1. The topological polar surface area (TPSA) is 95.5 Å². The standard InChI is InChI=1S/C22H26N2O4S/c1-3-14-7-8-16-17(12-14)29-22(24-18(25)9-10-19(26)27)20(16)21(28)23-15-6-4-5-13(2)11-15/h4-6,11,14H,3,7-10,12H2,1-2H3,(H,23,28)(H,24,25)(H,26,27). The number of hydrogen-bond donors (Lipinski definition) is 3. The normalized spacial score (nSPS) is 15.4. The second-order valence-corrected chi connectivity index (χ2v) is 8.60. The van der Waals surface area contributed by atoms with Crippen LogP contribution in [-0.2, 0) is 22.4 Å². The molecule has 0 aliphatic heterocycles. The van der Waals surface area contributed by atoms with E-state index in [0.717, 1.165) is 41.7 Å². The van der Waals surface area contributed by atoms with Gasteiger partial charge >= 0.3 is 5.97 Å². The van der Waals surface area contributed by atoms with E-state index >= 15 is 0 Å². The van der Waals surface area contributed by atoms with Crippen LogP contribution in [0.4, 0.5) is 10.7 Å². The van der Waals surface area contributed by atoms with Gasteiger partial charge in [-0.15, -0.1) is 11.3 Å². The van der Waals surface area contributed by atoms with E-state index in [9.17, 15) is 14.4 Å². The first kappa shape index (κ1) is 21.0. The summed E-state index contributed by atoms with van der Waals surface area (Å²) >= 11 is 1.45. The van der Waals surface area contributed by atoms with E-state index in [4.69, 9.17) is 5.11 Å². The van der Waals surface area contributed by atoms with Gasteiger partial charge < -0.3 is 15.7 Å². The van der Waals surface area contributed by atoms with Crippen molar-refractivity contribution in [3.8, 4) is 0 Å². The second kappa shape index (κ2) is 9.22. The average Bonchev–Trinajstić information content (AvgIpc) is 3.03. The van der Waals surface area contributed by atoms with Crippen LogP contribution in [0.25, 0.3) is 0 Å². The van der Waals surface area contributed by atoms with E-state index in [2.05, 4.69) is 17.6 Å². The Morgan fingerprint density at radius 1 is 1.21 bits per heavy atom. The Hall–Kier alpha value is -2.67. The van der Waals surface area contributed by atoms with Crippen LogP contribution < -0.4 is 10.6 Å². The Bertz CT molecular complexity index is 935. The number of aliphatic carboxylic acids is 1. The summed E-state index contributed by atoms with van der Waals surface area (Å²) < 4.78 is 0. The number of hydrogen-bond acceptors (Lipinski definition) is 4. The molecule has 0 spiro atoms. The third kappa shape index (κ3) is 5.23. The lowest BCUT2D eigenvalue weighted by molar-refractivity contribution is -0.138. The zero-order valence-electron chi connectivity index (χ0n) is 16.7. The van der Waals surface area contributed by atoms with E-state index in [0.29, 0.717) is 22.2 Å². The summed E-state index contributed by atoms with van der Waals surface area (Å²) in [6, 6.07) is 7.58. The van der Waals surface area contributed by atoms with Crippen molar-refractivity contribution in [1.29, 1.82) is 0 Å². The molecule has 1 aromatic carbocycles. The molecule has 0 radical (unpaired) electrons. The molecule has 1 aliphatic rings. The molecule has 6 nitrogen and oxygen atoms in total. The zero-order chi connectivity index (χ0) is 21.0. The van der Waals surface area contributed by atoms with Crippen LogP contribution in [0.5, 0.6) is 0 Å². The highest BCUT2D eigenvalue weighted by Crippen LogP contribution is 2.40. The molecule has 1 heterocycles. The molecule has 1 aliphatic carbocycles. The van der Waals surface area contributed by atoms with Crippen molar-refractivity contribution < 1.29 is 19.5 Å². The van der Waals surface area contributed by atoms with Crippen LogP contribution >= 0.6 is 11.3 Å². The highest BCUT2D eigenvalue weighted by molar-refractivity contribution is 7.17. The first-order chi connectivity index (χ1) is 13.9. The molecule has 154 valence electrons. The molecule has 1 atom stereocenters. The maximum absolute atomic E-state index is 13.1. The van der Waals surface area contributed by atoms with E-state index < -0.39 is 5.97 Å². The van der Waals surface area contributed by atoms with Crippen molar-refractivity contribution in [2.75, 3.05) is 10.6 Å². The van der Waals surface area contributed by atoms with Crippen LogP contribution in [0.2, 0.25) is 0 Å². The van der Waals surface area contributed by atoms with Crippen LogP contribution in [0.15, 0.2) is 24.3 Å². The second-order valence-electron chi connectivity index (χ2n) is 7.49. The van der Waals surface area contributed by atoms with Gasteiger partial charge in [-0.05, 0) is 55.4 Å². The highest BCUT2D eigenvalue weighted by Gasteiger charge is 2.29. The van der Waals surface area contributed by atoms with Gasteiger partial charge in [0, 0.05) is 17.0 Å². The fraction of sp³-hybridized carbons (Fsp3) is 0.409. The number of amides is 2. The third-order valence-corrected chi connectivity index (χ3v) is 6.44. The predicted molar refractivity (Wildman–Crippen MR) is 115 cm³/mol. The number of carbonyl (C=O) groups excluding carboxylic acids is 2. The zero-order valence-corrected chi connectivity index (χ0v) is 17.5. The van der Waals surface area contributed by atoms with E-state index in [1.807, 2.05) is 31.2 Å². The summed E-state index contributed by atoms with van der Waals surface area (Å²) in [5.41, 5.74) is 3.28.